The molecule has 158 valence electrons. The molecule has 1 N–H and O–H groups in total. The average Bonchev–Trinajstić information content (AvgIpc) is 2.66. The molecule has 1 aromatic rings. The van der Waals surface area contributed by atoms with Crippen molar-refractivity contribution in [2.24, 2.45) is 0 Å². The van der Waals surface area contributed by atoms with Gasteiger partial charge in [0.15, 0.2) is 5.78 Å². The van der Waals surface area contributed by atoms with E-state index in [1.807, 2.05) is 12.1 Å². The van der Waals surface area contributed by atoms with E-state index in [-0.39, 0.29) is 37.0 Å². The Hall–Kier alpha value is -1.42. The van der Waals surface area contributed by atoms with Crippen LogP contribution in [0.25, 0.3) is 6.08 Å². The summed E-state index contributed by atoms with van der Waals surface area (Å²) in [5, 5.41) is 10.7. The number of carbonyl (C=O) groups is 1. The zero-order chi connectivity index (χ0) is 21.3. The monoisotopic (exact) mass is 410 g/mol. The van der Waals surface area contributed by atoms with Crippen molar-refractivity contribution in [2.75, 3.05) is 19.4 Å². The number of benzene rings is 1. The van der Waals surface area contributed by atoms with Crippen LogP contribution in [0.1, 0.15) is 82.9 Å². The summed E-state index contributed by atoms with van der Waals surface area (Å²) in [6.07, 6.45) is 4.66. The molecular formula is C22H35O5P. The highest BCUT2D eigenvalue weighted by molar-refractivity contribution is 7.54. The minimum atomic E-state index is -3.41. The first-order valence-electron chi connectivity index (χ1n) is 10.2. The Labute approximate surface area is 169 Å². The van der Waals surface area contributed by atoms with Crippen molar-refractivity contribution in [3.05, 3.63) is 34.9 Å². The molecule has 0 aromatic heterocycles. The van der Waals surface area contributed by atoms with Crippen LogP contribution in [0.2, 0.25) is 0 Å². The molecule has 0 spiro atoms. The number of rotatable bonds is 12. The second kappa shape index (κ2) is 11.5. The summed E-state index contributed by atoms with van der Waals surface area (Å²) in [5.41, 5.74) is 2.63. The number of hydrogen-bond acceptors (Lipinski definition) is 5. The minimum Gasteiger partial charge on any atom is -0.507 e. The van der Waals surface area contributed by atoms with E-state index in [1.165, 1.54) is 6.08 Å². The van der Waals surface area contributed by atoms with Gasteiger partial charge in [0, 0.05) is 0 Å². The normalized spacial score (nSPS) is 14.4. The van der Waals surface area contributed by atoms with E-state index in [0.717, 1.165) is 29.5 Å². The number of phenolic OH excluding ortho intramolecular Hbond substituents is 1. The molecule has 0 aliphatic rings. The van der Waals surface area contributed by atoms with Gasteiger partial charge in [-0.3, -0.25) is 9.36 Å². The summed E-state index contributed by atoms with van der Waals surface area (Å²) in [6, 6.07) is 3.84. The van der Waals surface area contributed by atoms with Crippen LogP contribution in [0.5, 0.6) is 5.75 Å². The Bertz CT molecular complexity index is 685. The molecule has 0 saturated heterocycles. The van der Waals surface area contributed by atoms with E-state index in [1.54, 1.807) is 19.9 Å². The highest BCUT2D eigenvalue weighted by atomic mass is 31.2. The topological polar surface area (TPSA) is 72.8 Å². The van der Waals surface area contributed by atoms with E-state index < -0.39 is 7.60 Å². The molecule has 2 atom stereocenters. The van der Waals surface area contributed by atoms with Crippen molar-refractivity contribution < 1.29 is 23.5 Å². The largest absolute Gasteiger partial charge is 0.507 e. The summed E-state index contributed by atoms with van der Waals surface area (Å²) in [6.45, 7) is 12.2. The molecule has 28 heavy (non-hydrogen) atoms. The predicted molar refractivity (Wildman–Crippen MR) is 115 cm³/mol. The van der Waals surface area contributed by atoms with Gasteiger partial charge in [-0.1, -0.05) is 33.8 Å². The molecule has 6 heteroatoms. The summed E-state index contributed by atoms with van der Waals surface area (Å²) in [5.74, 6) is 0.462. The maximum Gasteiger partial charge on any atom is 0.338 e. The Balaban J connectivity index is 3.15. The molecule has 1 rings (SSSR count). The van der Waals surface area contributed by atoms with Crippen LogP contribution in [-0.2, 0) is 18.4 Å². The Kier molecular flexibility index (Phi) is 10.2. The van der Waals surface area contributed by atoms with Gasteiger partial charge in [0.05, 0.1) is 13.2 Å². The number of aromatic hydroxyl groups is 1. The van der Waals surface area contributed by atoms with Crippen molar-refractivity contribution in [1.29, 1.82) is 0 Å². The fraction of sp³-hybridized carbons (Fsp3) is 0.591. The number of ketones is 1. The van der Waals surface area contributed by atoms with Crippen molar-refractivity contribution in [2.45, 2.75) is 66.2 Å². The molecule has 0 fully saturated rings. The van der Waals surface area contributed by atoms with Gasteiger partial charge in [-0.2, -0.15) is 0 Å². The molecule has 2 unspecified atom stereocenters. The smallest absolute Gasteiger partial charge is 0.338 e. The summed E-state index contributed by atoms with van der Waals surface area (Å²) < 4.78 is 22.9. The molecule has 0 saturated carbocycles. The lowest BCUT2D eigenvalue weighted by atomic mass is 9.88. The van der Waals surface area contributed by atoms with Gasteiger partial charge in [-0.05, 0) is 73.4 Å². The van der Waals surface area contributed by atoms with Gasteiger partial charge in [0.2, 0.25) is 0 Å². The molecule has 0 bridgehead atoms. The van der Waals surface area contributed by atoms with Crippen LogP contribution in [0.3, 0.4) is 0 Å². The fourth-order valence-electron chi connectivity index (χ4n) is 2.95. The minimum absolute atomic E-state index is 0.211. The lowest BCUT2D eigenvalue weighted by Gasteiger charge is -2.19. The second-order valence-electron chi connectivity index (χ2n) is 7.07. The third kappa shape index (κ3) is 6.88. The van der Waals surface area contributed by atoms with Gasteiger partial charge in [0.25, 0.3) is 0 Å². The van der Waals surface area contributed by atoms with Crippen molar-refractivity contribution >= 4 is 19.5 Å². The third-order valence-electron chi connectivity index (χ3n) is 4.94. The van der Waals surface area contributed by atoms with Crippen LogP contribution >= 0.6 is 7.60 Å². The first-order valence-corrected chi connectivity index (χ1v) is 11.9. The van der Waals surface area contributed by atoms with Crippen molar-refractivity contribution in [1.82, 2.24) is 0 Å². The standard InChI is InChI=1S/C22H35O5P/c1-7-16(5)20-13-18(14-21(22(20)24)17(6)8-2)11-12-19(23)15-28(25,26-9-3)27-10-4/h11-14,16-17,24H,7-10,15H2,1-6H3. The lowest BCUT2D eigenvalue weighted by molar-refractivity contribution is -0.112. The van der Waals surface area contributed by atoms with Crippen LogP contribution in [-0.4, -0.2) is 30.3 Å². The zero-order valence-corrected chi connectivity index (χ0v) is 18.9. The molecular weight excluding hydrogens is 375 g/mol. The molecule has 1 aromatic carbocycles. The van der Waals surface area contributed by atoms with Crippen LogP contribution in [0, 0.1) is 0 Å². The van der Waals surface area contributed by atoms with E-state index in [2.05, 4.69) is 27.7 Å². The third-order valence-corrected chi connectivity index (χ3v) is 6.94. The average molecular weight is 410 g/mol. The lowest BCUT2D eigenvalue weighted by Crippen LogP contribution is -2.07. The fourth-order valence-corrected chi connectivity index (χ4v) is 4.48. The van der Waals surface area contributed by atoms with Crippen LogP contribution in [0.4, 0.5) is 0 Å². The van der Waals surface area contributed by atoms with Crippen LogP contribution < -0.4 is 0 Å². The second-order valence-corrected chi connectivity index (χ2v) is 9.13. The van der Waals surface area contributed by atoms with Crippen molar-refractivity contribution in [3.8, 4) is 5.75 Å². The number of hydrogen-bond donors (Lipinski definition) is 1. The van der Waals surface area contributed by atoms with E-state index >= 15 is 0 Å². The first kappa shape index (κ1) is 24.6. The van der Waals surface area contributed by atoms with Crippen molar-refractivity contribution in [3.63, 3.8) is 0 Å². The maximum atomic E-state index is 12.5. The zero-order valence-electron chi connectivity index (χ0n) is 18.0. The summed E-state index contributed by atoms with van der Waals surface area (Å²) >= 11 is 0. The summed E-state index contributed by atoms with van der Waals surface area (Å²) in [7, 11) is -3.41. The Morgan fingerprint density at radius 3 is 1.89 bits per heavy atom. The highest BCUT2D eigenvalue weighted by Gasteiger charge is 2.26. The maximum absolute atomic E-state index is 12.5. The molecule has 0 radical (unpaired) electrons. The number of allylic oxidation sites excluding steroid dienone is 1. The van der Waals surface area contributed by atoms with Gasteiger partial charge in [-0.15, -0.1) is 0 Å². The Morgan fingerprint density at radius 1 is 1.04 bits per heavy atom. The molecule has 0 heterocycles. The van der Waals surface area contributed by atoms with Gasteiger partial charge in [-0.25, -0.2) is 0 Å². The number of phenols is 1. The highest BCUT2D eigenvalue weighted by Crippen LogP contribution is 2.47. The van der Waals surface area contributed by atoms with E-state index in [4.69, 9.17) is 9.05 Å². The predicted octanol–water partition coefficient (Wildman–Crippen LogP) is 6.27. The molecule has 0 aliphatic carbocycles. The van der Waals surface area contributed by atoms with E-state index in [9.17, 15) is 14.5 Å². The molecule has 5 nitrogen and oxygen atoms in total. The SMILES string of the molecule is CCOP(=O)(CC(=O)C=Cc1cc(C(C)CC)c(O)c(C(C)CC)c1)OCC. The quantitative estimate of drug-likeness (QED) is 0.325. The van der Waals surface area contributed by atoms with E-state index in [0.29, 0.717) is 5.75 Å². The van der Waals surface area contributed by atoms with Gasteiger partial charge < -0.3 is 14.2 Å². The number of carbonyl (C=O) groups excluding carboxylic acids is 1. The molecule has 0 amide bonds. The van der Waals surface area contributed by atoms with Gasteiger partial charge >= 0.3 is 7.60 Å². The van der Waals surface area contributed by atoms with Gasteiger partial charge in [0.1, 0.15) is 11.9 Å². The Morgan fingerprint density at radius 2 is 1.50 bits per heavy atom. The van der Waals surface area contributed by atoms with Crippen LogP contribution in [0.15, 0.2) is 18.2 Å². The molecule has 0 aliphatic heterocycles. The first-order chi connectivity index (χ1) is 13.2. The summed E-state index contributed by atoms with van der Waals surface area (Å²) in [4.78, 5) is 12.3.